The van der Waals surface area contributed by atoms with Gasteiger partial charge in [0.2, 0.25) is 0 Å². The Kier molecular flexibility index (Phi) is 5.29. The molecule has 0 bridgehead atoms. The van der Waals surface area contributed by atoms with Crippen LogP contribution in [-0.4, -0.2) is 26.4 Å². The van der Waals surface area contributed by atoms with Gasteiger partial charge in [0.1, 0.15) is 12.4 Å². The van der Waals surface area contributed by atoms with Crippen LogP contribution in [0.5, 0.6) is 5.75 Å². The van der Waals surface area contributed by atoms with Crippen LogP contribution in [0, 0.1) is 0 Å². The largest absolute Gasteiger partial charge is 0.491 e. The summed E-state index contributed by atoms with van der Waals surface area (Å²) in [6, 6.07) is 5.73. The Morgan fingerprint density at radius 2 is 2.33 bits per heavy atom. The van der Waals surface area contributed by atoms with Crippen LogP contribution in [0.15, 0.2) is 18.2 Å². The van der Waals surface area contributed by atoms with Crippen molar-refractivity contribution in [2.75, 3.05) is 20.3 Å². The molecule has 3 nitrogen and oxygen atoms in total. The van der Waals surface area contributed by atoms with E-state index in [9.17, 15) is 0 Å². The highest BCUT2D eigenvalue weighted by molar-refractivity contribution is 6.30. The molecular formula is C14H20ClNO2. The maximum absolute atomic E-state index is 5.99. The Bertz CT molecular complexity index is 378. The summed E-state index contributed by atoms with van der Waals surface area (Å²) in [4.78, 5) is 0. The van der Waals surface area contributed by atoms with Crippen molar-refractivity contribution in [1.29, 1.82) is 0 Å². The molecule has 1 atom stereocenters. The van der Waals surface area contributed by atoms with Gasteiger partial charge in [-0.25, -0.2) is 0 Å². The van der Waals surface area contributed by atoms with Gasteiger partial charge in [-0.05, 0) is 44.5 Å². The summed E-state index contributed by atoms with van der Waals surface area (Å²) in [6.07, 6.45) is 3.73. The van der Waals surface area contributed by atoms with Crippen LogP contribution < -0.4 is 10.1 Å². The van der Waals surface area contributed by atoms with E-state index in [2.05, 4.69) is 5.32 Å². The molecule has 1 heterocycles. The molecule has 1 aromatic carbocycles. The number of hydrogen-bond acceptors (Lipinski definition) is 3. The van der Waals surface area contributed by atoms with Crippen molar-refractivity contribution in [3.63, 3.8) is 0 Å². The molecule has 0 spiro atoms. The predicted molar refractivity (Wildman–Crippen MR) is 73.3 cm³/mol. The average molecular weight is 270 g/mol. The molecular weight excluding hydrogens is 250 g/mol. The molecule has 4 heteroatoms. The third-order valence-corrected chi connectivity index (χ3v) is 3.32. The first kappa shape index (κ1) is 13.7. The van der Waals surface area contributed by atoms with Gasteiger partial charge in [0.05, 0.1) is 6.10 Å². The van der Waals surface area contributed by atoms with Gasteiger partial charge >= 0.3 is 0 Å². The molecule has 1 N–H and O–H groups in total. The zero-order valence-corrected chi connectivity index (χ0v) is 11.5. The van der Waals surface area contributed by atoms with Crippen LogP contribution in [0.4, 0.5) is 0 Å². The lowest BCUT2D eigenvalue weighted by atomic mass is 10.1. The Labute approximate surface area is 113 Å². The van der Waals surface area contributed by atoms with E-state index in [0.717, 1.165) is 35.9 Å². The van der Waals surface area contributed by atoms with E-state index >= 15 is 0 Å². The topological polar surface area (TPSA) is 30.5 Å². The lowest BCUT2D eigenvalue weighted by Crippen LogP contribution is -2.26. The van der Waals surface area contributed by atoms with Crippen LogP contribution in [0.3, 0.4) is 0 Å². The smallest absolute Gasteiger partial charge is 0.124 e. The third-order valence-electron chi connectivity index (χ3n) is 3.09. The number of halogens is 1. The predicted octanol–water partition coefficient (Wildman–Crippen LogP) is 3.01. The Hall–Kier alpha value is -0.770. The Balaban J connectivity index is 1.94. The van der Waals surface area contributed by atoms with Gasteiger partial charge < -0.3 is 14.8 Å². The second-order valence-electron chi connectivity index (χ2n) is 4.58. The second kappa shape index (κ2) is 6.98. The van der Waals surface area contributed by atoms with Crippen molar-refractivity contribution in [2.24, 2.45) is 0 Å². The van der Waals surface area contributed by atoms with Crippen LogP contribution in [0.2, 0.25) is 5.02 Å². The van der Waals surface area contributed by atoms with Crippen molar-refractivity contribution in [2.45, 2.75) is 31.9 Å². The fourth-order valence-corrected chi connectivity index (χ4v) is 2.33. The van der Waals surface area contributed by atoms with E-state index in [1.165, 1.54) is 12.8 Å². The van der Waals surface area contributed by atoms with Gasteiger partial charge in [0.25, 0.3) is 0 Å². The van der Waals surface area contributed by atoms with Gasteiger partial charge in [-0.1, -0.05) is 11.6 Å². The minimum atomic E-state index is 0.233. The first-order valence-corrected chi connectivity index (χ1v) is 6.85. The summed E-state index contributed by atoms with van der Waals surface area (Å²) in [6.45, 7) is 2.23. The molecule has 0 amide bonds. The molecule has 100 valence electrons. The van der Waals surface area contributed by atoms with Gasteiger partial charge in [-0.3, -0.25) is 0 Å². The highest BCUT2D eigenvalue weighted by atomic mass is 35.5. The van der Waals surface area contributed by atoms with E-state index in [4.69, 9.17) is 21.1 Å². The lowest BCUT2D eigenvalue weighted by molar-refractivity contribution is -0.0112. The fraction of sp³-hybridized carbons (Fsp3) is 0.571. The summed E-state index contributed by atoms with van der Waals surface area (Å²) in [5.74, 6) is 0.892. The summed E-state index contributed by atoms with van der Waals surface area (Å²) >= 11 is 5.99. The normalized spacial score (nSPS) is 19.8. The molecule has 0 aliphatic carbocycles. The molecule has 0 radical (unpaired) electrons. The van der Waals surface area contributed by atoms with Crippen LogP contribution in [-0.2, 0) is 11.3 Å². The highest BCUT2D eigenvalue weighted by Gasteiger charge is 2.15. The quantitative estimate of drug-likeness (QED) is 0.891. The number of hydrogen-bond donors (Lipinski definition) is 1. The fourth-order valence-electron chi connectivity index (χ4n) is 2.14. The first-order chi connectivity index (χ1) is 8.79. The minimum absolute atomic E-state index is 0.233. The maximum Gasteiger partial charge on any atom is 0.124 e. The number of ether oxygens (including phenoxy) is 2. The monoisotopic (exact) mass is 269 g/mol. The van der Waals surface area contributed by atoms with Crippen molar-refractivity contribution in [3.05, 3.63) is 28.8 Å². The van der Waals surface area contributed by atoms with Crippen molar-refractivity contribution in [3.8, 4) is 5.75 Å². The zero-order chi connectivity index (χ0) is 12.8. The molecule has 1 unspecified atom stereocenters. The van der Waals surface area contributed by atoms with Gasteiger partial charge in [0.15, 0.2) is 0 Å². The standard InChI is InChI=1S/C14H20ClNO2/c1-16-9-11-8-12(15)5-6-14(11)18-10-13-4-2-3-7-17-13/h5-6,8,13,16H,2-4,7,9-10H2,1H3. The number of nitrogens with one attached hydrogen (secondary N) is 1. The second-order valence-corrected chi connectivity index (χ2v) is 5.02. The number of rotatable bonds is 5. The van der Waals surface area contributed by atoms with Crippen molar-refractivity contribution >= 4 is 11.6 Å². The van der Waals surface area contributed by atoms with Crippen LogP contribution in [0.1, 0.15) is 24.8 Å². The highest BCUT2D eigenvalue weighted by Crippen LogP contribution is 2.24. The van der Waals surface area contributed by atoms with Gasteiger partial charge in [-0.2, -0.15) is 0 Å². The molecule has 1 saturated heterocycles. The lowest BCUT2D eigenvalue weighted by Gasteiger charge is -2.23. The zero-order valence-electron chi connectivity index (χ0n) is 10.7. The van der Waals surface area contributed by atoms with Crippen molar-refractivity contribution in [1.82, 2.24) is 5.32 Å². The van der Waals surface area contributed by atoms with E-state index < -0.39 is 0 Å². The molecule has 1 aromatic rings. The Morgan fingerprint density at radius 1 is 1.44 bits per heavy atom. The van der Waals surface area contributed by atoms with Crippen LogP contribution in [0.25, 0.3) is 0 Å². The SMILES string of the molecule is CNCc1cc(Cl)ccc1OCC1CCCCO1. The summed E-state index contributed by atoms with van der Waals surface area (Å²) in [5.41, 5.74) is 1.08. The van der Waals surface area contributed by atoms with E-state index in [1.807, 2.05) is 25.2 Å². The molecule has 1 aliphatic heterocycles. The molecule has 1 aliphatic rings. The maximum atomic E-state index is 5.99. The van der Waals surface area contributed by atoms with Crippen molar-refractivity contribution < 1.29 is 9.47 Å². The third kappa shape index (κ3) is 3.87. The molecule has 0 aromatic heterocycles. The molecule has 18 heavy (non-hydrogen) atoms. The minimum Gasteiger partial charge on any atom is -0.491 e. The van der Waals surface area contributed by atoms with E-state index in [0.29, 0.717) is 6.61 Å². The molecule has 2 rings (SSSR count). The van der Waals surface area contributed by atoms with Crippen LogP contribution >= 0.6 is 11.6 Å². The molecule has 0 saturated carbocycles. The van der Waals surface area contributed by atoms with E-state index in [1.54, 1.807) is 0 Å². The van der Waals surface area contributed by atoms with Gasteiger partial charge in [0, 0.05) is 23.7 Å². The summed E-state index contributed by atoms with van der Waals surface area (Å²) in [5, 5.41) is 3.86. The molecule has 1 fully saturated rings. The van der Waals surface area contributed by atoms with Gasteiger partial charge in [-0.15, -0.1) is 0 Å². The first-order valence-electron chi connectivity index (χ1n) is 6.47. The van der Waals surface area contributed by atoms with E-state index in [-0.39, 0.29) is 6.10 Å². The summed E-state index contributed by atoms with van der Waals surface area (Å²) < 4.78 is 11.5. The summed E-state index contributed by atoms with van der Waals surface area (Å²) in [7, 11) is 1.91. The number of benzene rings is 1. The Morgan fingerprint density at radius 3 is 3.06 bits per heavy atom. The average Bonchev–Trinajstić information content (AvgIpc) is 2.39.